The summed E-state index contributed by atoms with van der Waals surface area (Å²) < 4.78 is 0. The summed E-state index contributed by atoms with van der Waals surface area (Å²) in [6.45, 7) is 6.45. The van der Waals surface area contributed by atoms with Gasteiger partial charge in [0.2, 0.25) is 0 Å². The van der Waals surface area contributed by atoms with Crippen LogP contribution >= 0.6 is 0 Å². The Hall–Kier alpha value is -3.32. The first-order valence-corrected chi connectivity index (χ1v) is 9.71. The van der Waals surface area contributed by atoms with Gasteiger partial charge in [-0.3, -0.25) is 0 Å². The van der Waals surface area contributed by atoms with Gasteiger partial charge in [-0.15, -0.1) is 0 Å². The molecule has 4 rings (SSSR count). The molecule has 0 aromatic heterocycles. The van der Waals surface area contributed by atoms with Gasteiger partial charge in [0.15, 0.2) is 0 Å². The molecule has 0 spiro atoms. The molecule has 0 bridgehead atoms. The van der Waals surface area contributed by atoms with E-state index in [2.05, 4.69) is 123 Å². The van der Waals surface area contributed by atoms with Crippen molar-refractivity contribution in [3.05, 3.63) is 114 Å². The van der Waals surface area contributed by atoms with E-state index >= 15 is 0 Å². The van der Waals surface area contributed by atoms with E-state index in [4.69, 9.17) is 0 Å². The molecular formula is C27H25N. The highest BCUT2D eigenvalue weighted by molar-refractivity contribution is 5.80. The average Bonchev–Trinajstić information content (AvgIpc) is 2.72. The van der Waals surface area contributed by atoms with E-state index < -0.39 is 0 Å². The van der Waals surface area contributed by atoms with Gasteiger partial charge in [-0.25, -0.2) is 0 Å². The second kappa shape index (κ2) is 7.74. The Labute approximate surface area is 167 Å². The molecule has 4 aromatic rings. The van der Waals surface area contributed by atoms with Crippen LogP contribution in [0.5, 0.6) is 0 Å². The summed E-state index contributed by atoms with van der Waals surface area (Å²) in [5.41, 5.74) is 9.83. The van der Waals surface area contributed by atoms with E-state index in [1.165, 1.54) is 39.2 Å². The highest BCUT2D eigenvalue weighted by Crippen LogP contribution is 2.37. The van der Waals surface area contributed by atoms with Gasteiger partial charge in [0.25, 0.3) is 0 Å². The van der Waals surface area contributed by atoms with E-state index in [9.17, 15) is 0 Å². The summed E-state index contributed by atoms with van der Waals surface area (Å²) in [4.78, 5) is 2.34. The van der Waals surface area contributed by atoms with Crippen molar-refractivity contribution in [2.45, 2.75) is 20.8 Å². The first-order chi connectivity index (χ1) is 13.6. The zero-order valence-corrected chi connectivity index (χ0v) is 16.7. The largest absolute Gasteiger partial charge is 0.310 e. The summed E-state index contributed by atoms with van der Waals surface area (Å²) in [6.07, 6.45) is 0. The van der Waals surface area contributed by atoms with E-state index in [1.54, 1.807) is 0 Å². The van der Waals surface area contributed by atoms with Crippen LogP contribution in [0.1, 0.15) is 16.7 Å². The summed E-state index contributed by atoms with van der Waals surface area (Å²) in [5, 5.41) is 0. The van der Waals surface area contributed by atoms with Gasteiger partial charge in [0, 0.05) is 17.1 Å². The molecule has 0 radical (unpaired) electrons. The summed E-state index contributed by atoms with van der Waals surface area (Å²) >= 11 is 0. The van der Waals surface area contributed by atoms with Gasteiger partial charge in [0.05, 0.1) is 0 Å². The van der Waals surface area contributed by atoms with Crippen molar-refractivity contribution in [3.8, 4) is 11.1 Å². The molecular weight excluding hydrogens is 338 g/mol. The topological polar surface area (TPSA) is 3.24 Å². The molecule has 0 saturated carbocycles. The third-order valence-electron chi connectivity index (χ3n) is 5.12. The van der Waals surface area contributed by atoms with Crippen molar-refractivity contribution in [3.63, 3.8) is 0 Å². The first kappa shape index (κ1) is 18.1. The molecule has 0 aliphatic rings. The van der Waals surface area contributed by atoms with Crippen molar-refractivity contribution in [1.82, 2.24) is 0 Å². The lowest BCUT2D eigenvalue weighted by Crippen LogP contribution is -2.11. The van der Waals surface area contributed by atoms with E-state index in [0.29, 0.717) is 0 Å². The Morgan fingerprint density at radius 1 is 0.500 bits per heavy atom. The Balaban J connectivity index is 1.80. The number of aryl methyl sites for hydroxylation is 3. The summed E-state index contributed by atoms with van der Waals surface area (Å²) in [7, 11) is 0. The minimum Gasteiger partial charge on any atom is -0.310 e. The van der Waals surface area contributed by atoms with Crippen LogP contribution in [0.15, 0.2) is 97.1 Å². The maximum atomic E-state index is 2.34. The standard InChI is InChI=1S/C27H25N/c1-20-9-14-25(15-10-20)28(27-18-11-21(2)19-22(27)3)26-16-12-24(13-17-26)23-7-5-4-6-8-23/h4-19H,1-3H3. The smallest absolute Gasteiger partial charge is 0.0490 e. The van der Waals surface area contributed by atoms with Gasteiger partial charge in [-0.05, 0) is 67.8 Å². The van der Waals surface area contributed by atoms with E-state index in [-0.39, 0.29) is 0 Å². The molecule has 1 nitrogen and oxygen atoms in total. The number of benzene rings is 4. The molecule has 0 N–H and O–H groups in total. The molecule has 28 heavy (non-hydrogen) atoms. The van der Waals surface area contributed by atoms with Crippen LogP contribution in [-0.2, 0) is 0 Å². The molecule has 0 aliphatic heterocycles. The van der Waals surface area contributed by atoms with Gasteiger partial charge in [-0.2, -0.15) is 0 Å². The highest BCUT2D eigenvalue weighted by atomic mass is 15.1. The first-order valence-electron chi connectivity index (χ1n) is 9.71. The Morgan fingerprint density at radius 2 is 1.04 bits per heavy atom. The Bertz CT molecular complexity index is 1060. The molecule has 0 saturated heterocycles. The van der Waals surface area contributed by atoms with Crippen LogP contribution in [0.3, 0.4) is 0 Å². The molecule has 0 atom stereocenters. The molecule has 0 fully saturated rings. The molecule has 138 valence electrons. The molecule has 4 aromatic carbocycles. The SMILES string of the molecule is Cc1ccc(N(c2ccc(-c3ccccc3)cc2)c2ccc(C)cc2C)cc1. The van der Waals surface area contributed by atoms with Crippen molar-refractivity contribution in [2.24, 2.45) is 0 Å². The second-order valence-electron chi connectivity index (χ2n) is 7.37. The van der Waals surface area contributed by atoms with Gasteiger partial charge in [0.1, 0.15) is 0 Å². The van der Waals surface area contributed by atoms with Crippen LogP contribution in [0.4, 0.5) is 17.1 Å². The number of anilines is 3. The molecule has 0 heterocycles. The lowest BCUT2D eigenvalue weighted by Gasteiger charge is -2.27. The molecule has 0 aliphatic carbocycles. The van der Waals surface area contributed by atoms with Gasteiger partial charge in [-0.1, -0.05) is 77.9 Å². The second-order valence-corrected chi connectivity index (χ2v) is 7.37. The monoisotopic (exact) mass is 363 g/mol. The Morgan fingerprint density at radius 3 is 1.64 bits per heavy atom. The maximum Gasteiger partial charge on any atom is 0.0490 e. The fraction of sp³-hybridized carbons (Fsp3) is 0.111. The lowest BCUT2D eigenvalue weighted by molar-refractivity contribution is 1.23. The van der Waals surface area contributed by atoms with E-state index in [0.717, 1.165) is 5.69 Å². The predicted molar refractivity (Wildman–Crippen MR) is 121 cm³/mol. The van der Waals surface area contributed by atoms with Gasteiger partial charge >= 0.3 is 0 Å². The Kier molecular flexibility index (Phi) is 4.99. The fourth-order valence-electron chi connectivity index (χ4n) is 3.61. The number of rotatable bonds is 4. The van der Waals surface area contributed by atoms with Crippen molar-refractivity contribution >= 4 is 17.1 Å². The van der Waals surface area contributed by atoms with Crippen LogP contribution in [0, 0.1) is 20.8 Å². The minimum absolute atomic E-state index is 1.16. The summed E-state index contributed by atoms with van der Waals surface area (Å²) in [5.74, 6) is 0. The van der Waals surface area contributed by atoms with Crippen LogP contribution in [-0.4, -0.2) is 0 Å². The number of nitrogens with zero attached hydrogens (tertiary/aromatic N) is 1. The van der Waals surface area contributed by atoms with Crippen LogP contribution in [0.2, 0.25) is 0 Å². The van der Waals surface area contributed by atoms with Crippen molar-refractivity contribution < 1.29 is 0 Å². The normalized spacial score (nSPS) is 10.7. The number of hydrogen-bond donors (Lipinski definition) is 0. The average molecular weight is 364 g/mol. The fourth-order valence-corrected chi connectivity index (χ4v) is 3.61. The summed E-state index contributed by atoms with van der Waals surface area (Å²) in [6, 6.07) is 34.7. The quantitative estimate of drug-likeness (QED) is 0.358. The zero-order valence-electron chi connectivity index (χ0n) is 16.7. The third-order valence-corrected chi connectivity index (χ3v) is 5.12. The minimum atomic E-state index is 1.16. The maximum absolute atomic E-state index is 2.34. The van der Waals surface area contributed by atoms with Crippen LogP contribution in [0.25, 0.3) is 11.1 Å². The van der Waals surface area contributed by atoms with Gasteiger partial charge < -0.3 is 4.90 Å². The van der Waals surface area contributed by atoms with Crippen molar-refractivity contribution in [2.75, 3.05) is 4.90 Å². The van der Waals surface area contributed by atoms with E-state index in [1.807, 2.05) is 0 Å². The third kappa shape index (κ3) is 3.70. The molecule has 0 amide bonds. The highest BCUT2D eigenvalue weighted by Gasteiger charge is 2.14. The molecule has 0 unspecified atom stereocenters. The molecule has 1 heteroatoms. The van der Waals surface area contributed by atoms with Crippen molar-refractivity contribution in [1.29, 1.82) is 0 Å². The predicted octanol–water partition coefficient (Wildman–Crippen LogP) is 7.75. The number of hydrogen-bond acceptors (Lipinski definition) is 1. The van der Waals surface area contributed by atoms with Crippen LogP contribution < -0.4 is 4.90 Å². The lowest BCUT2D eigenvalue weighted by atomic mass is 10.0. The zero-order chi connectivity index (χ0) is 19.5.